The van der Waals surface area contributed by atoms with E-state index in [1.54, 1.807) is 11.8 Å². The molecule has 0 aromatic heterocycles. The van der Waals surface area contributed by atoms with Crippen LogP contribution in [0.15, 0.2) is 30.3 Å². The Labute approximate surface area is 187 Å². The first kappa shape index (κ1) is 24.2. The van der Waals surface area contributed by atoms with Gasteiger partial charge < -0.3 is 10.1 Å². The van der Waals surface area contributed by atoms with Crippen LogP contribution in [0.4, 0.5) is 0 Å². The van der Waals surface area contributed by atoms with E-state index in [0.29, 0.717) is 19.4 Å². The van der Waals surface area contributed by atoms with E-state index < -0.39 is 4.75 Å². The first-order valence-corrected chi connectivity index (χ1v) is 12.1. The van der Waals surface area contributed by atoms with Crippen molar-refractivity contribution < 1.29 is 9.53 Å². The Morgan fingerprint density at radius 2 is 2.07 bits per heavy atom. The normalized spacial score (nSPS) is 16.6. The van der Waals surface area contributed by atoms with Crippen LogP contribution in [-0.4, -0.2) is 64.2 Å². The highest BCUT2D eigenvalue weighted by atomic mass is 32.2. The number of benzene rings is 1. The molecule has 1 aliphatic heterocycles. The number of hydrogen-bond acceptors (Lipinski definition) is 7. The van der Waals surface area contributed by atoms with Crippen LogP contribution in [0.3, 0.4) is 0 Å². The molecule has 1 atom stereocenters. The summed E-state index contributed by atoms with van der Waals surface area (Å²) < 4.78 is 5.40. The SMILES string of the molecule is CC(C#N)(CCC(=O)NCCN1CCOCC1)SC(=S)SCCc1ccccc1. The largest absolute Gasteiger partial charge is 0.379 e. The fourth-order valence-electron chi connectivity index (χ4n) is 2.86. The van der Waals surface area contributed by atoms with Crippen molar-refractivity contribution in [2.24, 2.45) is 0 Å². The van der Waals surface area contributed by atoms with Gasteiger partial charge in [-0.25, -0.2) is 0 Å². The van der Waals surface area contributed by atoms with E-state index >= 15 is 0 Å². The number of ether oxygens (including phenoxy) is 1. The summed E-state index contributed by atoms with van der Waals surface area (Å²) in [6.45, 7) is 6.67. The molecular formula is C21H29N3O2S3. The average molecular weight is 452 g/mol. The Morgan fingerprint density at radius 1 is 1.34 bits per heavy atom. The highest BCUT2D eigenvalue weighted by molar-refractivity contribution is 8.47. The van der Waals surface area contributed by atoms with Crippen molar-refractivity contribution in [2.75, 3.05) is 45.1 Å². The van der Waals surface area contributed by atoms with E-state index in [-0.39, 0.29) is 5.91 Å². The van der Waals surface area contributed by atoms with E-state index in [9.17, 15) is 10.1 Å². The number of thioether (sulfide) groups is 2. The number of amides is 1. The van der Waals surface area contributed by atoms with Gasteiger partial charge in [0.1, 0.15) is 8.28 Å². The molecule has 1 N–H and O–H groups in total. The van der Waals surface area contributed by atoms with Gasteiger partial charge in [-0.15, -0.1) is 11.8 Å². The number of hydrogen-bond donors (Lipinski definition) is 1. The molecule has 2 rings (SSSR count). The summed E-state index contributed by atoms with van der Waals surface area (Å²) in [4.78, 5) is 14.4. The lowest BCUT2D eigenvalue weighted by molar-refractivity contribution is -0.121. The molecule has 0 radical (unpaired) electrons. The molecule has 1 fully saturated rings. The molecule has 158 valence electrons. The third-order valence-corrected chi connectivity index (χ3v) is 7.45. The molecule has 1 saturated heterocycles. The molecule has 29 heavy (non-hydrogen) atoms. The van der Waals surface area contributed by atoms with Gasteiger partial charge in [-0.3, -0.25) is 9.69 Å². The van der Waals surface area contributed by atoms with Crippen molar-refractivity contribution in [2.45, 2.75) is 30.9 Å². The summed E-state index contributed by atoms with van der Waals surface area (Å²) in [5.41, 5.74) is 1.28. The van der Waals surface area contributed by atoms with Gasteiger partial charge in [0.25, 0.3) is 0 Å². The maximum absolute atomic E-state index is 12.2. The van der Waals surface area contributed by atoms with Crippen molar-refractivity contribution in [1.29, 1.82) is 5.26 Å². The second-order valence-electron chi connectivity index (χ2n) is 7.08. The van der Waals surface area contributed by atoms with Crippen molar-refractivity contribution in [3.05, 3.63) is 35.9 Å². The zero-order valence-electron chi connectivity index (χ0n) is 16.9. The van der Waals surface area contributed by atoms with Gasteiger partial charge in [-0.05, 0) is 25.3 Å². The number of carbonyl (C=O) groups is 1. The van der Waals surface area contributed by atoms with Gasteiger partial charge in [0.15, 0.2) is 0 Å². The molecule has 1 amide bonds. The Balaban J connectivity index is 1.63. The Kier molecular flexibility index (Phi) is 11.0. The molecular weight excluding hydrogens is 422 g/mol. The van der Waals surface area contributed by atoms with E-state index in [0.717, 1.165) is 48.6 Å². The lowest BCUT2D eigenvalue weighted by Gasteiger charge is -2.26. The summed E-state index contributed by atoms with van der Waals surface area (Å²) in [6.07, 6.45) is 1.76. The quantitative estimate of drug-likeness (QED) is 0.546. The lowest BCUT2D eigenvalue weighted by atomic mass is 10.1. The van der Waals surface area contributed by atoms with Crippen molar-refractivity contribution in [3.8, 4) is 6.07 Å². The molecule has 1 aliphatic rings. The van der Waals surface area contributed by atoms with Gasteiger partial charge in [0.2, 0.25) is 5.91 Å². The van der Waals surface area contributed by atoms with Gasteiger partial charge in [-0.2, -0.15) is 5.26 Å². The number of nitrogens with one attached hydrogen (secondary N) is 1. The zero-order valence-corrected chi connectivity index (χ0v) is 19.3. The van der Waals surface area contributed by atoms with Gasteiger partial charge in [0, 0.05) is 38.4 Å². The summed E-state index contributed by atoms with van der Waals surface area (Å²) in [5.74, 6) is 0.877. The van der Waals surface area contributed by atoms with Crippen molar-refractivity contribution in [3.63, 3.8) is 0 Å². The zero-order chi connectivity index (χ0) is 21.0. The Morgan fingerprint density at radius 3 is 2.76 bits per heavy atom. The average Bonchev–Trinajstić information content (AvgIpc) is 2.74. The van der Waals surface area contributed by atoms with Crippen molar-refractivity contribution in [1.82, 2.24) is 10.2 Å². The monoisotopic (exact) mass is 451 g/mol. The highest BCUT2D eigenvalue weighted by Gasteiger charge is 2.27. The minimum atomic E-state index is -0.682. The molecule has 8 heteroatoms. The Bertz CT molecular complexity index is 690. The van der Waals surface area contributed by atoms with Gasteiger partial charge in [-0.1, -0.05) is 54.3 Å². The molecule has 0 spiro atoms. The minimum Gasteiger partial charge on any atom is -0.379 e. The lowest BCUT2D eigenvalue weighted by Crippen LogP contribution is -2.41. The predicted octanol–water partition coefficient (Wildman–Crippen LogP) is 3.49. The highest BCUT2D eigenvalue weighted by Crippen LogP contribution is 2.34. The third-order valence-electron chi connectivity index (χ3n) is 4.68. The van der Waals surface area contributed by atoms with Crippen LogP contribution in [0, 0.1) is 11.3 Å². The van der Waals surface area contributed by atoms with E-state index in [4.69, 9.17) is 17.0 Å². The third kappa shape index (κ3) is 9.96. The van der Waals surface area contributed by atoms with Crippen LogP contribution in [0.5, 0.6) is 0 Å². The van der Waals surface area contributed by atoms with Crippen molar-refractivity contribution >= 4 is 45.2 Å². The smallest absolute Gasteiger partial charge is 0.220 e. The maximum Gasteiger partial charge on any atom is 0.220 e. The standard InChI is InChI=1S/C21H29N3O2S3/c1-21(17-22,29-20(27)28-16-8-18-5-3-2-4-6-18)9-7-19(25)23-10-11-24-12-14-26-15-13-24/h2-6H,7-16H2,1H3,(H,23,25). The molecule has 1 unspecified atom stereocenters. The predicted molar refractivity (Wildman–Crippen MR) is 126 cm³/mol. The molecule has 1 heterocycles. The van der Waals surface area contributed by atoms with Crippen LogP contribution in [0.2, 0.25) is 0 Å². The maximum atomic E-state index is 12.2. The first-order valence-electron chi connectivity index (χ1n) is 9.88. The van der Waals surface area contributed by atoms with Gasteiger partial charge in [0.05, 0.1) is 19.3 Å². The first-order chi connectivity index (χ1) is 14.0. The fourth-order valence-corrected chi connectivity index (χ4v) is 5.82. The fraction of sp³-hybridized carbons (Fsp3) is 0.571. The minimum absolute atomic E-state index is 0.0111. The molecule has 1 aromatic rings. The van der Waals surface area contributed by atoms with Crippen LogP contribution < -0.4 is 5.32 Å². The molecule has 0 saturated carbocycles. The van der Waals surface area contributed by atoms with E-state index in [2.05, 4.69) is 28.4 Å². The number of rotatable bonds is 10. The van der Waals surface area contributed by atoms with Crippen LogP contribution in [0.1, 0.15) is 25.3 Å². The second kappa shape index (κ2) is 13.2. The summed E-state index contributed by atoms with van der Waals surface area (Å²) in [5, 5.41) is 12.6. The van der Waals surface area contributed by atoms with Crippen LogP contribution in [-0.2, 0) is 16.0 Å². The summed E-state index contributed by atoms with van der Waals surface area (Å²) in [6, 6.07) is 12.6. The number of nitriles is 1. The van der Waals surface area contributed by atoms with E-state index in [1.807, 2.05) is 25.1 Å². The number of aryl methyl sites for hydroxylation is 1. The number of carbonyl (C=O) groups excluding carboxylic acids is 1. The summed E-state index contributed by atoms with van der Waals surface area (Å²) in [7, 11) is 0. The number of morpholine rings is 1. The topological polar surface area (TPSA) is 65.4 Å². The molecule has 1 aromatic carbocycles. The summed E-state index contributed by atoms with van der Waals surface area (Å²) >= 11 is 8.47. The molecule has 0 aliphatic carbocycles. The molecule has 5 nitrogen and oxygen atoms in total. The van der Waals surface area contributed by atoms with Crippen LogP contribution in [0.25, 0.3) is 0 Å². The van der Waals surface area contributed by atoms with Crippen LogP contribution >= 0.6 is 35.7 Å². The second-order valence-corrected chi connectivity index (χ2v) is 10.9. The van der Waals surface area contributed by atoms with E-state index in [1.165, 1.54) is 17.3 Å². The van der Waals surface area contributed by atoms with Gasteiger partial charge >= 0.3 is 0 Å². The Hall–Kier alpha value is -1.11. The number of nitrogens with zero attached hydrogens (tertiary/aromatic N) is 2. The number of thiocarbonyl (C=S) groups is 1. The molecule has 0 bridgehead atoms.